The highest BCUT2D eigenvalue weighted by molar-refractivity contribution is 5.95. The van der Waals surface area contributed by atoms with Crippen LogP contribution in [0.1, 0.15) is 28.8 Å². The van der Waals surface area contributed by atoms with Crippen LogP contribution in [0.2, 0.25) is 0 Å². The van der Waals surface area contributed by atoms with Crippen molar-refractivity contribution in [2.24, 2.45) is 0 Å². The number of nitrogens with two attached hydrogens (primary N) is 1. The zero-order chi connectivity index (χ0) is 12.3. The first-order valence-electron chi connectivity index (χ1n) is 5.81. The van der Waals surface area contributed by atoms with Crippen LogP contribution in [0, 0.1) is 6.92 Å². The molecule has 0 amide bonds. The van der Waals surface area contributed by atoms with Crippen molar-refractivity contribution in [1.82, 2.24) is 0 Å². The molecule has 2 rings (SSSR count). The van der Waals surface area contributed by atoms with E-state index in [1.807, 2.05) is 13.0 Å². The second kappa shape index (κ2) is 5.19. The molecule has 17 heavy (non-hydrogen) atoms. The number of nitrogen functional groups attached to an aromatic ring is 1. The number of carbonyl (C=O) groups is 1. The van der Waals surface area contributed by atoms with Crippen molar-refractivity contribution in [3.63, 3.8) is 0 Å². The van der Waals surface area contributed by atoms with Gasteiger partial charge in [0, 0.05) is 18.5 Å². The van der Waals surface area contributed by atoms with Gasteiger partial charge in [0.2, 0.25) is 0 Å². The van der Waals surface area contributed by atoms with E-state index in [2.05, 4.69) is 0 Å². The molecule has 0 spiro atoms. The van der Waals surface area contributed by atoms with Crippen LogP contribution in [0.15, 0.2) is 18.2 Å². The minimum absolute atomic E-state index is 0.0452. The first-order valence-corrected chi connectivity index (χ1v) is 5.81. The van der Waals surface area contributed by atoms with Gasteiger partial charge in [-0.05, 0) is 19.1 Å². The van der Waals surface area contributed by atoms with Crippen molar-refractivity contribution in [2.45, 2.75) is 25.9 Å². The number of benzene rings is 1. The molecule has 1 fully saturated rings. The third-order valence-electron chi connectivity index (χ3n) is 2.87. The van der Waals surface area contributed by atoms with Crippen molar-refractivity contribution >= 4 is 11.7 Å². The standard InChI is InChI=1S/C13H17NO3/c1-9-2-3-12(14)11(8-9)13(15)17-10-4-6-16-7-5-10/h2-3,8,10H,4-7,14H2,1H3. The van der Waals surface area contributed by atoms with E-state index in [1.165, 1.54) is 0 Å². The Morgan fingerprint density at radius 2 is 2.12 bits per heavy atom. The molecule has 1 aromatic carbocycles. The fraction of sp³-hybridized carbons (Fsp3) is 0.462. The summed E-state index contributed by atoms with van der Waals surface area (Å²) in [5.74, 6) is -0.335. The number of esters is 1. The number of hydrogen-bond donors (Lipinski definition) is 1. The van der Waals surface area contributed by atoms with Crippen LogP contribution < -0.4 is 5.73 Å². The summed E-state index contributed by atoms with van der Waals surface area (Å²) in [4.78, 5) is 11.9. The van der Waals surface area contributed by atoms with Gasteiger partial charge >= 0.3 is 5.97 Å². The van der Waals surface area contributed by atoms with Gasteiger partial charge in [-0.2, -0.15) is 0 Å². The van der Waals surface area contributed by atoms with Gasteiger partial charge in [0.05, 0.1) is 18.8 Å². The minimum Gasteiger partial charge on any atom is -0.459 e. The number of carbonyl (C=O) groups excluding carboxylic acids is 1. The van der Waals surface area contributed by atoms with Crippen LogP contribution >= 0.6 is 0 Å². The normalized spacial score (nSPS) is 16.8. The van der Waals surface area contributed by atoms with E-state index in [9.17, 15) is 4.79 Å². The van der Waals surface area contributed by atoms with E-state index in [-0.39, 0.29) is 12.1 Å². The molecular weight excluding hydrogens is 218 g/mol. The van der Waals surface area contributed by atoms with Crippen molar-refractivity contribution in [1.29, 1.82) is 0 Å². The summed E-state index contributed by atoms with van der Waals surface area (Å²) < 4.78 is 10.6. The summed E-state index contributed by atoms with van der Waals surface area (Å²) in [5.41, 5.74) is 7.69. The van der Waals surface area contributed by atoms with E-state index in [0.29, 0.717) is 24.5 Å². The molecule has 0 atom stereocenters. The van der Waals surface area contributed by atoms with Gasteiger partial charge in [-0.15, -0.1) is 0 Å². The maximum Gasteiger partial charge on any atom is 0.340 e. The van der Waals surface area contributed by atoms with Crippen LogP contribution in [0.25, 0.3) is 0 Å². The number of aryl methyl sites for hydroxylation is 1. The highest BCUT2D eigenvalue weighted by Crippen LogP contribution is 2.18. The topological polar surface area (TPSA) is 61.6 Å². The summed E-state index contributed by atoms with van der Waals surface area (Å²) >= 11 is 0. The van der Waals surface area contributed by atoms with E-state index < -0.39 is 0 Å². The highest BCUT2D eigenvalue weighted by Gasteiger charge is 2.20. The van der Waals surface area contributed by atoms with Gasteiger partial charge in [0.1, 0.15) is 6.10 Å². The van der Waals surface area contributed by atoms with Gasteiger partial charge in [-0.1, -0.05) is 11.6 Å². The van der Waals surface area contributed by atoms with E-state index >= 15 is 0 Å². The smallest absolute Gasteiger partial charge is 0.340 e. The molecule has 1 saturated heterocycles. The Morgan fingerprint density at radius 1 is 1.41 bits per heavy atom. The molecule has 0 bridgehead atoms. The first-order chi connectivity index (χ1) is 8.16. The highest BCUT2D eigenvalue weighted by atomic mass is 16.6. The summed E-state index contributed by atoms with van der Waals surface area (Å²) in [6, 6.07) is 5.37. The summed E-state index contributed by atoms with van der Waals surface area (Å²) in [6.45, 7) is 3.23. The Bertz CT molecular complexity index is 411. The fourth-order valence-corrected chi connectivity index (χ4v) is 1.86. The number of rotatable bonds is 2. The van der Waals surface area contributed by atoms with Gasteiger partial charge < -0.3 is 15.2 Å². The molecule has 1 aliphatic rings. The van der Waals surface area contributed by atoms with Gasteiger partial charge in [0.25, 0.3) is 0 Å². The minimum atomic E-state index is -0.335. The number of ether oxygens (including phenoxy) is 2. The molecule has 0 aliphatic carbocycles. The summed E-state index contributed by atoms with van der Waals surface area (Å²) in [5, 5.41) is 0. The molecule has 2 N–H and O–H groups in total. The molecule has 0 saturated carbocycles. The predicted molar refractivity (Wildman–Crippen MR) is 64.8 cm³/mol. The molecule has 0 aromatic heterocycles. The lowest BCUT2D eigenvalue weighted by Crippen LogP contribution is -2.26. The zero-order valence-electron chi connectivity index (χ0n) is 9.94. The molecule has 0 unspecified atom stereocenters. The Balaban J connectivity index is 2.05. The van der Waals surface area contributed by atoms with Crippen molar-refractivity contribution in [2.75, 3.05) is 18.9 Å². The van der Waals surface area contributed by atoms with Gasteiger partial charge in [-0.3, -0.25) is 0 Å². The molecule has 1 heterocycles. The molecule has 0 radical (unpaired) electrons. The predicted octanol–water partition coefficient (Wildman–Crippen LogP) is 1.91. The van der Waals surface area contributed by atoms with Crippen LogP contribution in [-0.2, 0) is 9.47 Å². The fourth-order valence-electron chi connectivity index (χ4n) is 1.86. The average Bonchev–Trinajstić information content (AvgIpc) is 2.33. The third-order valence-corrected chi connectivity index (χ3v) is 2.87. The molecule has 1 aliphatic heterocycles. The maximum absolute atomic E-state index is 11.9. The van der Waals surface area contributed by atoms with Crippen molar-refractivity contribution in [3.05, 3.63) is 29.3 Å². The first kappa shape index (κ1) is 11.9. The molecule has 92 valence electrons. The van der Waals surface area contributed by atoms with Gasteiger partial charge in [-0.25, -0.2) is 4.79 Å². The second-order valence-electron chi connectivity index (χ2n) is 4.31. The Morgan fingerprint density at radius 3 is 2.82 bits per heavy atom. The monoisotopic (exact) mass is 235 g/mol. The zero-order valence-corrected chi connectivity index (χ0v) is 9.94. The van der Waals surface area contributed by atoms with E-state index in [4.69, 9.17) is 15.2 Å². The molecular formula is C13H17NO3. The molecule has 4 heteroatoms. The lowest BCUT2D eigenvalue weighted by atomic mass is 10.1. The Kier molecular flexibility index (Phi) is 3.64. The van der Waals surface area contributed by atoms with Crippen molar-refractivity contribution < 1.29 is 14.3 Å². The SMILES string of the molecule is Cc1ccc(N)c(C(=O)OC2CCOCC2)c1. The molecule has 1 aromatic rings. The average molecular weight is 235 g/mol. The molecule has 4 nitrogen and oxygen atoms in total. The largest absolute Gasteiger partial charge is 0.459 e. The van der Waals surface area contributed by atoms with Crippen LogP contribution in [0.3, 0.4) is 0 Å². The van der Waals surface area contributed by atoms with Crippen molar-refractivity contribution in [3.8, 4) is 0 Å². The van der Waals surface area contributed by atoms with E-state index in [1.54, 1.807) is 12.1 Å². The Hall–Kier alpha value is -1.55. The van der Waals surface area contributed by atoms with E-state index in [0.717, 1.165) is 18.4 Å². The third kappa shape index (κ3) is 2.97. The van der Waals surface area contributed by atoms with Gasteiger partial charge in [0.15, 0.2) is 0 Å². The quantitative estimate of drug-likeness (QED) is 0.628. The summed E-state index contributed by atoms with van der Waals surface area (Å²) in [7, 11) is 0. The van der Waals surface area contributed by atoms with Crippen LogP contribution in [0.4, 0.5) is 5.69 Å². The van der Waals surface area contributed by atoms with Crippen LogP contribution in [0.5, 0.6) is 0 Å². The maximum atomic E-state index is 11.9. The lowest BCUT2D eigenvalue weighted by molar-refractivity contribution is -0.0158. The second-order valence-corrected chi connectivity index (χ2v) is 4.31. The summed E-state index contributed by atoms with van der Waals surface area (Å²) in [6.07, 6.45) is 1.48. The van der Waals surface area contributed by atoms with Crippen LogP contribution in [-0.4, -0.2) is 25.3 Å². The number of hydrogen-bond acceptors (Lipinski definition) is 4. The lowest BCUT2D eigenvalue weighted by Gasteiger charge is -2.22. The number of anilines is 1. The Labute approximate surface area is 101 Å².